The summed E-state index contributed by atoms with van der Waals surface area (Å²) in [4.78, 5) is 12.9. The van der Waals surface area contributed by atoms with Crippen molar-refractivity contribution in [1.82, 2.24) is 0 Å². The van der Waals surface area contributed by atoms with Crippen molar-refractivity contribution in [2.24, 2.45) is 23.7 Å². The molecule has 0 aliphatic heterocycles. The van der Waals surface area contributed by atoms with E-state index in [4.69, 9.17) is 4.74 Å². The average molecular weight is 364 g/mol. The van der Waals surface area contributed by atoms with Crippen molar-refractivity contribution in [2.75, 3.05) is 13.7 Å². The van der Waals surface area contributed by atoms with E-state index in [0.717, 1.165) is 12.0 Å². The Morgan fingerprint density at radius 3 is 2.54 bits per heavy atom. The molecular formula is C21H32O5. The summed E-state index contributed by atoms with van der Waals surface area (Å²) in [5.41, 5.74) is -0.626. The van der Waals surface area contributed by atoms with Gasteiger partial charge in [-0.3, -0.25) is 4.79 Å². The van der Waals surface area contributed by atoms with Gasteiger partial charge >= 0.3 is 0 Å². The summed E-state index contributed by atoms with van der Waals surface area (Å²) in [7, 11) is 1.55. The van der Waals surface area contributed by atoms with Gasteiger partial charge in [0.1, 0.15) is 11.2 Å². The molecule has 0 saturated heterocycles. The summed E-state index contributed by atoms with van der Waals surface area (Å²) in [6.45, 7) is 7.76. The van der Waals surface area contributed by atoms with E-state index < -0.39 is 23.2 Å². The van der Waals surface area contributed by atoms with Crippen LogP contribution in [0, 0.1) is 23.7 Å². The second kappa shape index (κ2) is 6.55. The third kappa shape index (κ3) is 2.71. The molecule has 0 unspecified atom stereocenters. The molecule has 1 fully saturated rings. The highest BCUT2D eigenvalue weighted by molar-refractivity contribution is 6.03. The number of methoxy groups -OCH3 is 1. The molecule has 0 aromatic carbocycles. The fourth-order valence-corrected chi connectivity index (χ4v) is 5.30. The van der Waals surface area contributed by atoms with Crippen LogP contribution in [-0.4, -0.2) is 52.1 Å². The molecular weight excluding hydrogens is 332 g/mol. The predicted molar refractivity (Wildman–Crippen MR) is 98.4 cm³/mol. The van der Waals surface area contributed by atoms with Gasteiger partial charge in [-0.05, 0) is 54.2 Å². The number of hydrogen-bond acceptors (Lipinski definition) is 5. The number of hydrogen-bond donors (Lipinski definition) is 3. The van der Waals surface area contributed by atoms with Crippen LogP contribution in [0.5, 0.6) is 0 Å². The van der Waals surface area contributed by atoms with Crippen molar-refractivity contribution >= 4 is 5.78 Å². The Morgan fingerprint density at radius 2 is 1.96 bits per heavy atom. The molecule has 6 atom stereocenters. The maximum atomic E-state index is 12.9. The number of allylic oxidation sites excluding steroid dienone is 1. The van der Waals surface area contributed by atoms with Crippen LogP contribution in [0.15, 0.2) is 22.8 Å². The first kappa shape index (κ1) is 19.7. The van der Waals surface area contributed by atoms with Crippen molar-refractivity contribution in [3.63, 3.8) is 0 Å². The minimum absolute atomic E-state index is 0.0217. The summed E-state index contributed by atoms with van der Waals surface area (Å²) in [5.74, 6) is -0.784. The van der Waals surface area contributed by atoms with Gasteiger partial charge in [0.2, 0.25) is 0 Å². The highest BCUT2D eigenvalue weighted by Crippen LogP contribution is 2.52. The molecule has 0 radical (unpaired) electrons. The Hall–Kier alpha value is -1.01. The summed E-state index contributed by atoms with van der Waals surface area (Å²) in [6.07, 6.45) is 2.63. The number of Topliss-reactive ketones (excluding diaryl/α,β-unsaturated/α-hetero) is 1. The lowest BCUT2D eigenvalue weighted by molar-refractivity contribution is -0.121. The van der Waals surface area contributed by atoms with E-state index in [1.807, 2.05) is 20.8 Å². The van der Waals surface area contributed by atoms with E-state index in [9.17, 15) is 20.1 Å². The minimum Gasteiger partial charge on any atom is -0.392 e. The fraction of sp³-hybridized carbons (Fsp3) is 0.762. The summed E-state index contributed by atoms with van der Waals surface area (Å²) in [6, 6.07) is 0. The molecule has 0 spiro atoms. The first-order chi connectivity index (χ1) is 12.1. The first-order valence-electron chi connectivity index (χ1n) is 9.69. The monoisotopic (exact) mass is 364 g/mol. The molecule has 0 aromatic heterocycles. The zero-order chi connectivity index (χ0) is 19.4. The molecule has 146 valence electrons. The fourth-order valence-electron chi connectivity index (χ4n) is 5.30. The standard InChI is InChI=1S/C21H32O5/c1-11(2)18-15-8-17(22)12(3)14-6-7-20(24,10-26-5)16(14)9-21(15,25)13(4)19(18)23/h9,11-14,17,22,24-25H,6-8,10H2,1-5H3/t12-,13-,14+,17+,20+,21-/m1/s1. The van der Waals surface area contributed by atoms with Crippen LogP contribution >= 0.6 is 0 Å². The number of carbonyl (C=O) groups is 1. The number of aliphatic hydroxyl groups excluding tert-OH is 1. The van der Waals surface area contributed by atoms with Crippen molar-refractivity contribution in [3.05, 3.63) is 22.8 Å². The highest BCUT2D eigenvalue weighted by atomic mass is 16.5. The Bertz CT molecular complexity index is 663. The van der Waals surface area contributed by atoms with Gasteiger partial charge in [-0.2, -0.15) is 0 Å². The predicted octanol–water partition coefficient (Wildman–Crippen LogP) is 2.00. The lowest BCUT2D eigenvalue weighted by atomic mass is 9.72. The molecule has 0 bridgehead atoms. The Balaban J connectivity index is 2.23. The van der Waals surface area contributed by atoms with Crippen molar-refractivity contribution in [3.8, 4) is 0 Å². The number of aliphatic hydroxyl groups is 3. The van der Waals surface area contributed by atoms with Crippen LogP contribution in [0.4, 0.5) is 0 Å². The Kier molecular flexibility index (Phi) is 4.98. The lowest BCUT2D eigenvalue weighted by Crippen LogP contribution is -2.43. The van der Waals surface area contributed by atoms with Crippen LogP contribution in [0.1, 0.15) is 47.0 Å². The number of ketones is 1. The van der Waals surface area contributed by atoms with Gasteiger partial charge in [0.15, 0.2) is 5.78 Å². The van der Waals surface area contributed by atoms with Gasteiger partial charge in [0.05, 0.1) is 18.6 Å². The van der Waals surface area contributed by atoms with Crippen molar-refractivity contribution in [1.29, 1.82) is 0 Å². The first-order valence-corrected chi connectivity index (χ1v) is 9.69. The van der Waals surface area contributed by atoms with Crippen LogP contribution in [-0.2, 0) is 9.53 Å². The number of fused-ring (bicyclic) bond motifs is 2. The summed E-state index contributed by atoms with van der Waals surface area (Å²) in [5, 5.41) is 33.7. The Labute approximate surface area is 155 Å². The molecule has 3 rings (SSSR count). The van der Waals surface area contributed by atoms with Crippen molar-refractivity contribution < 1.29 is 24.9 Å². The molecule has 5 nitrogen and oxygen atoms in total. The molecule has 26 heavy (non-hydrogen) atoms. The van der Waals surface area contributed by atoms with E-state index in [2.05, 4.69) is 0 Å². The molecule has 1 saturated carbocycles. The topological polar surface area (TPSA) is 87.0 Å². The minimum atomic E-state index is -1.45. The van der Waals surface area contributed by atoms with Crippen LogP contribution in [0.3, 0.4) is 0 Å². The molecule has 0 heterocycles. The lowest BCUT2D eigenvalue weighted by Gasteiger charge is -2.38. The van der Waals surface area contributed by atoms with Gasteiger partial charge in [-0.25, -0.2) is 0 Å². The van der Waals surface area contributed by atoms with Crippen LogP contribution in [0.25, 0.3) is 0 Å². The average Bonchev–Trinajstić information content (AvgIpc) is 2.95. The van der Waals surface area contributed by atoms with E-state index in [1.165, 1.54) is 0 Å². The van der Waals surface area contributed by atoms with E-state index >= 15 is 0 Å². The van der Waals surface area contributed by atoms with E-state index in [1.54, 1.807) is 20.1 Å². The molecule has 3 aliphatic carbocycles. The SMILES string of the molecule is COC[C@@]1(O)CC[C@@H]2C1=C[C@]1(O)C(=C(C(C)C)C(=O)[C@H]1C)C[C@H](O)[C@@H]2C. The molecule has 3 N–H and O–H groups in total. The number of ether oxygens (including phenoxy) is 1. The number of rotatable bonds is 3. The van der Waals surface area contributed by atoms with E-state index in [0.29, 0.717) is 24.0 Å². The molecule has 5 heteroatoms. The zero-order valence-electron chi connectivity index (χ0n) is 16.5. The van der Waals surface area contributed by atoms with Gasteiger partial charge in [0, 0.05) is 12.7 Å². The second-order valence-corrected chi connectivity index (χ2v) is 8.80. The normalized spacial score (nSPS) is 43.3. The Morgan fingerprint density at radius 1 is 1.31 bits per heavy atom. The molecule has 0 aromatic rings. The molecule has 3 aliphatic rings. The van der Waals surface area contributed by atoms with Crippen LogP contribution < -0.4 is 0 Å². The summed E-state index contributed by atoms with van der Waals surface area (Å²) >= 11 is 0. The summed E-state index contributed by atoms with van der Waals surface area (Å²) < 4.78 is 5.25. The van der Waals surface area contributed by atoms with Gasteiger partial charge in [0.25, 0.3) is 0 Å². The quantitative estimate of drug-likeness (QED) is 0.667. The van der Waals surface area contributed by atoms with Gasteiger partial charge < -0.3 is 20.1 Å². The largest absolute Gasteiger partial charge is 0.392 e. The van der Waals surface area contributed by atoms with Crippen LogP contribution in [0.2, 0.25) is 0 Å². The second-order valence-electron chi connectivity index (χ2n) is 8.80. The number of carbonyl (C=O) groups excluding carboxylic acids is 1. The van der Waals surface area contributed by atoms with Crippen molar-refractivity contribution in [2.45, 2.75) is 64.3 Å². The maximum absolute atomic E-state index is 12.9. The molecule has 0 amide bonds. The van der Waals surface area contributed by atoms with E-state index in [-0.39, 0.29) is 30.1 Å². The third-order valence-electron chi connectivity index (χ3n) is 6.92. The third-order valence-corrected chi connectivity index (χ3v) is 6.92. The highest BCUT2D eigenvalue weighted by Gasteiger charge is 2.55. The van der Waals surface area contributed by atoms with Gasteiger partial charge in [-0.1, -0.05) is 27.7 Å². The zero-order valence-corrected chi connectivity index (χ0v) is 16.5. The maximum Gasteiger partial charge on any atom is 0.165 e. The van der Waals surface area contributed by atoms with Gasteiger partial charge in [-0.15, -0.1) is 0 Å². The smallest absolute Gasteiger partial charge is 0.165 e.